The molecule has 0 spiro atoms. The first kappa shape index (κ1) is 19.6. The van der Waals surface area contributed by atoms with Gasteiger partial charge in [-0.2, -0.15) is 0 Å². The average molecular weight is 354 g/mol. The molecule has 10 heteroatoms. The maximum atomic E-state index is 12.6. The van der Waals surface area contributed by atoms with Crippen LogP contribution < -0.4 is 5.44 Å². The molecule has 0 N–H and O–H groups in total. The number of hydrogen-bond acceptors (Lipinski definition) is 7. The van der Waals surface area contributed by atoms with Crippen molar-refractivity contribution >= 4 is 20.6 Å². The predicted octanol–water partition coefficient (Wildman–Crippen LogP) is 3.00. The van der Waals surface area contributed by atoms with Gasteiger partial charge in [0, 0.05) is 6.20 Å². The first-order valence-corrected chi connectivity index (χ1v) is 10.5. The van der Waals surface area contributed by atoms with Crippen LogP contribution in [0.1, 0.15) is 27.7 Å². The fourth-order valence-corrected chi connectivity index (χ4v) is 4.87. The molecule has 0 unspecified atom stereocenters. The zero-order valence-corrected chi connectivity index (χ0v) is 15.2. The molecule has 0 amide bonds. The van der Waals surface area contributed by atoms with Crippen LogP contribution in [0.2, 0.25) is 0 Å². The van der Waals surface area contributed by atoms with E-state index in [0.29, 0.717) is 0 Å². The largest absolute Gasteiger partial charge is 0.381 e. The quantitative estimate of drug-likeness (QED) is 0.564. The SMILES string of the molecule is CCOP(=O)(Cn1cnc(P(=O)(OCC)OCC)c1)OCC. The Balaban J connectivity index is 2.94. The highest BCUT2D eigenvalue weighted by Crippen LogP contribution is 2.50. The molecule has 0 atom stereocenters. The highest BCUT2D eigenvalue weighted by molar-refractivity contribution is 7.61. The Morgan fingerprint density at radius 3 is 1.91 bits per heavy atom. The Morgan fingerprint density at radius 2 is 1.45 bits per heavy atom. The van der Waals surface area contributed by atoms with Crippen LogP contribution in [0, 0.1) is 0 Å². The minimum absolute atomic E-state index is 0.0140. The van der Waals surface area contributed by atoms with Gasteiger partial charge in [0.25, 0.3) is 0 Å². The van der Waals surface area contributed by atoms with E-state index in [1.807, 2.05) is 0 Å². The van der Waals surface area contributed by atoms with Crippen LogP contribution in [0.5, 0.6) is 0 Å². The number of nitrogens with zero attached hydrogens (tertiary/aromatic N) is 2. The van der Waals surface area contributed by atoms with Gasteiger partial charge in [-0.15, -0.1) is 0 Å². The van der Waals surface area contributed by atoms with Crippen LogP contribution >= 0.6 is 15.2 Å². The summed E-state index contributed by atoms with van der Waals surface area (Å²) in [5.41, 5.74) is 0.177. The summed E-state index contributed by atoms with van der Waals surface area (Å²) in [6.07, 6.45) is 2.88. The van der Waals surface area contributed by atoms with Crippen molar-refractivity contribution in [2.24, 2.45) is 0 Å². The topological polar surface area (TPSA) is 88.9 Å². The molecule has 1 aromatic heterocycles. The van der Waals surface area contributed by atoms with Crippen molar-refractivity contribution in [1.82, 2.24) is 9.55 Å². The van der Waals surface area contributed by atoms with Crippen molar-refractivity contribution < 1.29 is 27.2 Å². The molecule has 0 saturated carbocycles. The van der Waals surface area contributed by atoms with E-state index >= 15 is 0 Å². The first-order chi connectivity index (χ1) is 10.4. The van der Waals surface area contributed by atoms with E-state index in [2.05, 4.69) is 4.98 Å². The van der Waals surface area contributed by atoms with Crippen molar-refractivity contribution in [3.8, 4) is 0 Å². The zero-order valence-electron chi connectivity index (χ0n) is 13.4. The van der Waals surface area contributed by atoms with E-state index in [4.69, 9.17) is 18.1 Å². The third-order valence-electron chi connectivity index (χ3n) is 2.49. The fourth-order valence-electron chi connectivity index (χ4n) is 1.79. The molecule has 0 aliphatic heterocycles. The highest BCUT2D eigenvalue weighted by atomic mass is 31.2. The number of hydrogen-bond donors (Lipinski definition) is 0. The summed E-state index contributed by atoms with van der Waals surface area (Å²) in [4.78, 5) is 4.05. The second-order valence-electron chi connectivity index (χ2n) is 4.17. The van der Waals surface area contributed by atoms with E-state index < -0.39 is 15.2 Å². The molecule has 1 aromatic rings. The van der Waals surface area contributed by atoms with Gasteiger partial charge in [-0.3, -0.25) is 9.13 Å². The van der Waals surface area contributed by atoms with E-state index in [1.54, 1.807) is 27.7 Å². The lowest BCUT2D eigenvalue weighted by molar-refractivity contribution is 0.214. The van der Waals surface area contributed by atoms with E-state index in [0.717, 1.165) is 0 Å². The Bertz CT molecular complexity index is 527. The van der Waals surface area contributed by atoms with Crippen molar-refractivity contribution in [2.75, 3.05) is 26.4 Å². The fraction of sp³-hybridized carbons (Fsp3) is 0.750. The van der Waals surface area contributed by atoms with Crippen LogP contribution in [0.3, 0.4) is 0 Å². The van der Waals surface area contributed by atoms with Crippen LogP contribution in [0.25, 0.3) is 0 Å². The second kappa shape index (κ2) is 8.96. The normalized spacial score (nSPS) is 12.7. The van der Waals surface area contributed by atoms with E-state index in [-0.39, 0.29) is 38.1 Å². The van der Waals surface area contributed by atoms with E-state index in [9.17, 15) is 9.13 Å². The summed E-state index contributed by atoms with van der Waals surface area (Å²) >= 11 is 0. The molecule has 0 aliphatic carbocycles. The summed E-state index contributed by atoms with van der Waals surface area (Å²) in [7, 11) is -6.71. The van der Waals surface area contributed by atoms with E-state index in [1.165, 1.54) is 17.1 Å². The Hall–Kier alpha value is -0.490. The highest BCUT2D eigenvalue weighted by Gasteiger charge is 2.31. The van der Waals surface area contributed by atoms with Gasteiger partial charge < -0.3 is 22.7 Å². The van der Waals surface area contributed by atoms with Crippen molar-refractivity contribution in [2.45, 2.75) is 34.0 Å². The number of imidazole rings is 1. The molecule has 8 nitrogen and oxygen atoms in total. The predicted molar refractivity (Wildman–Crippen MR) is 83.6 cm³/mol. The lowest BCUT2D eigenvalue weighted by Crippen LogP contribution is -2.12. The Morgan fingerprint density at radius 1 is 0.955 bits per heavy atom. The van der Waals surface area contributed by atoms with Gasteiger partial charge >= 0.3 is 15.2 Å². The average Bonchev–Trinajstić information content (AvgIpc) is 2.88. The van der Waals surface area contributed by atoms with Crippen molar-refractivity contribution in [1.29, 1.82) is 0 Å². The standard InChI is InChI=1S/C12H24N2O6P2/c1-5-17-21(15,18-6-2)11-14-9-12(13-10-14)22(16,19-7-3)20-8-4/h9-10H,5-8,11H2,1-4H3. The van der Waals surface area contributed by atoms with Crippen LogP contribution in [0.15, 0.2) is 12.5 Å². The van der Waals surface area contributed by atoms with Gasteiger partial charge in [0.1, 0.15) is 6.29 Å². The van der Waals surface area contributed by atoms with Gasteiger partial charge in [-0.05, 0) is 27.7 Å². The smallest absolute Gasteiger partial charge is 0.324 e. The maximum absolute atomic E-state index is 12.6. The maximum Gasteiger partial charge on any atom is 0.381 e. The molecular weight excluding hydrogens is 330 g/mol. The monoisotopic (exact) mass is 354 g/mol. The molecule has 0 saturated heterocycles. The molecule has 1 rings (SSSR count). The van der Waals surface area contributed by atoms with Crippen molar-refractivity contribution in [3.05, 3.63) is 12.5 Å². The summed E-state index contributed by atoms with van der Waals surface area (Å²) in [6, 6.07) is 0. The second-order valence-corrected chi connectivity index (χ2v) is 8.16. The minimum atomic E-state index is -3.45. The molecule has 128 valence electrons. The summed E-state index contributed by atoms with van der Waals surface area (Å²) in [5, 5.41) is 0. The minimum Gasteiger partial charge on any atom is -0.324 e. The molecule has 22 heavy (non-hydrogen) atoms. The van der Waals surface area contributed by atoms with Gasteiger partial charge in [-0.1, -0.05) is 0 Å². The van der Waals surface area contributed by atoms with Crippen LogP contribution in [0.4, 0.5) is 0 Å². The van der Waals surface area contributed by atoms with Crippen molar-refractivity contribution in [3.63, 3.8) is 0 Å². The molecule has 0 aromatic carbocycles. The third-order valence-corrected chi connectivity index (χ3v) is 6.45. The van der Waals surface area contributed by atoms with Crippen LogP contribution in [-0.4, -0.2) is 36.0 Å². The molecule has 0 bridgehead atoms. The third kappa shape index (κ3) is 5.30. The van der Waals surface area contributed by atoms with Crippen LogP contribution in [-0.2, 0) is 33.5 Å². The number of rotatable bonds is 11. The molecular formula is C12H24N2O6P2. The first-order valence-electron chi connectivity index (χ1n) is 7.22. The Kier molecular flexibility index (Phi) is 7.97. The van der Waals surface area contributed by atoms with Gasteiger partial charge in [0.2, 0.25) is 0 Å². The number of aromatic nitrogens is 2. The van der Waals surface area contributed by atoms with Gasteiger partial charge in [-0.25, -0.2) is 4.98 Å². The Labute approximate surface area is 131 Å². The molecule has 0 radical (unpaired) electrons. The molecule has 1 heterocycles. The van der Waals surface area contributed by atoms with Gasteiger partial charge in [0.15, 0.2) is 5.44 Å². The summed E-state index contributed by atoms with van der Waals surface area (Å²) in [6.45, 7) is 7.94. The zero-order chi connectivity index (χ0) is 16.6. The molecule has 0 aliphatic rings. The lowest BCUT2D eigenvalue weighted by atomic mass is 10.9. The summed E-state index contributed by atoms with van der Waals surface area (Å²) in [5.74, 6) is 0. The lowest BCUT2D eigenvalue weighted by Gasteiger charge is -2.17. The van der Waals surface area contributed by atoms with Gasteiger partial charge in [0.05, 0.1) is 32.8 Å². The summed E-state index contributed by atoms with van der Waals surface area (Å²) < 4.78 is 47.4. The molecule has 0 fully saturated rings.